The number of aliphatic carboxylic acids is 1. The summed E-state index contributed by atoms with van der Waals surface area (Å²) in [4.78, 5) is 12.8. The van der Waals surface area contributed by atoms with Gasteiger partial charge in [0, 0.05) is 31.7 Å². The molecular formula is C8H15NO3S. The van der Waals surface area contributed by atoms with Gasteiger partial charge in [-0.15, -0.1) is 0 Å². The smallest absolute Gasteiger partial charge is 0.321 e. The average Bonchev–Trinajstić information content (AvgIpc) is 2.15. The molecule has 1 aliphatic heterocycles. The number of ether oxygens (including phenoxy) is 1. The summed E-state index contributed by atoms with van der Waals surface area (Å²) in [6.07, 6.45) is 0. The lowest BCUT2D eigenvalue weighted by Gasteiger charge is -2.32. The Hall–Kier alpha value is -0.260. The van der Waals surface area contributed by atoms with Crippen LogP contribution < -0.4 is 0 Å². The highest BCUT2D eigenvalue weighted by Gasteiger charge is 2.27. The fraction of sp³-hybridized carbons (Fsp3) is 0.875. The number of carboxylic acid groups (broad SMARTS) is 1. The summed E-state index contributed by atoms with van der Waals surface area (Å²) in [5, 5.41) is 8.91. The molecule has 13 heavy (non-hydrogen) atoms. The summed E-state index contributed by atoms with van der Waals surface area (Å²) in [5.74, 6) is 0.996. The van der Waals surface area contributed by atoms with Crippen LogP contribution in [0.25, 0.3) is 0 Å². The predicted molar refractivity (Wildman–Crippen MR) is 52.2 cm³/mol. The first-order chi connectivity index (χ1) is 6.25. The molecule has 1 rings (SSSR count). The number of carbonyl (C=O) groups is 1. The van der Waals surface area contributed by atoms with Gasteiger partial charge < -0.3 is 9.84 Å². The molecule has 0 aromatic carbocycles. The maximum absolute atomic E-state index is 10.8. The zero-order valence-corrected chi connectivity index (χ0v) is 8.55. The summed E-state index contributed by atoms with van der Waals surface area (Å²) in [7, 11) is 1.63. The molecule has 4 nitrogen and oxygen atoms in total. The number of hydrogen-bond donors (Lipinski definition) is 1. The predicted octanol–water partition coefficient (Wildman–Crippen LogP) is 0.135. The Balaban J connectivity index is 2.41. The number of carboxylic acids is 1. The molecule has 1 heterocycles. The van der Waals surface area contributed by atoms with E-state index in [4.69, 9.17) is 9.84 Å². The second-order valence-corrected chi connectivity index (χ2v) is 4.11. The average molecular weight is 205 g/mol. The third-order valence-corrected chi connectivity index (χ3v) is 3.13. The fourth-order valence-electron chi connectivity index (χ4n) is 1.34. The van der Waals surface area contributed by atoms with Crippen LogP contribution in [0.1, 0.15) is 0 Å². The molecule has 76 valence electrons. The Morgan fingerprint density at radius 2 is 2.54 bits per heavy atom. The minimum atomic E-state index is -0.719. The lowest BCUT2D eigenvalue weighted by atomic mass is 10.3. The van der Waals surface area contributed by atoms with Gasteiger partial charge in [0.2, 0.25) is 0 Å². The molecule has 0 amide bonds. The van der Waals surface area contributed by atoms with Crippen molar-refractivity contribution >= 4 is 17.7 Å². The second kappa shape index (κ2) is 5.47. The first-order valence-corrected chi connectivity index (χ1v) is 5.44. The van der Waals surface area contributed by atoms with Gasteiger partial charge in [-0.25, -0.2) is 0 Å². The van der Waals surface area contributed by atoms with Gasteiger partial charge in [-0.3, -0.25) is 9.69 Å². The van der Waals surface area contributed by atoms with Crippen molar-refractivity contribution in [2.75, 3.05) is 38.3 Å². The van der Waals surface area contributed by atoms with Crippen LogP contribution in [-0.2, 0) is 9.53 Å². The summed E-state index contributed by atoms with van der Waals surface area (Å²) >= 11 is 1.71. The molecule has 0 aliphatic carbocycles. The van der Waals surface area contributed by atoms with E-state index in [1.165, 1.54) is 0 Å². The van der Waals surface area contributed by atoms with Crippen molar-refractivity contribution in [2.45, 2.75) is 6.04 Å². The van der Waals surface area contributed by atoms with E-state index in [0.717, 1.165) is 12.3 Å². The molecule has 0 spiro atoms. The Morgan fingerprint density at radius 1 is 1.77 bits per heavy atom. The lowest BCUT2D eigenvalue weighted by Crippen LogP contribution is -2.48. The van der Waals surface area contributed by atoms with Crippen molar-refractivity contribution in [1.82, 2.24) is 4.90 Å². The minimum absolute atomic E-state index is 0.325. The van der Waals surface area contributed by atoms with Gasteiger partial charge in [0.1, 0.15) is 6.04 Å². The molecule has 1 saturated heterocycles. The van der Waals surface area contributed by atoms with E-state index >= 15 is 0 Å². The van der Waals surface area contributed by atoms with E-state index in [2.05, 4.69) is 0 Å². The van der Waals surface area contributed by atoms with Gasteiger partial charge in [-0.1, -0.05) is 0 Å². The van der Waals surface area contributed by atoms with Gasteiger partial charge >= 0.3 is 5.97 Å². The standard InChI is InChI=1S/C8H15NO3S/c1-12-4-2-9-3-5-13-6-7(9)8(10)11/h7H,2-6H2,1H3,(H,10,11). The highest BCUT2D eigenvalue weighted by molar-refractivity contribution is 7.99. The summed E-state index contributed by atoms with van der Waals surface area (Å²) in [6, 6.07) is -0.325. The van der Waals surface area contributed by atoms with Crippen LogP contribution in [0.4, 0.5) is 0 Å². The zero-order valence-electron chi connectivity index (χ0n) is 7.73. The van der Waals surface area contributed by atoms with Crippen LogP contribution in [0.2, 0.25) is 0 Å². The topological polar surface area (TPSA) is 49.8 Å². The molecule has 0 aromatic heterocycles. The van der Waals surface area contributed by atoms with E-state index in [1.54, 1.807) is 18.9 Å². The SMILES string of the molecule is COCCN1CCSCC1C(=O)O. The van der Waals surface area contributed by atoms with Gasteiger partial charge in [-0.2, -0.15) is 11.8 Å². The van der Waals surface area contributed by atoms with Crippen LogP contribution in [0.15, 0.2) is 0 Å². The maximum atomic E-state index is 10.8. The number of thioether (sulfide) groups is 1. The van der Waals surface area contributed by atoms with Crippen molar-refractivity contribution in [2.24, 2.45) is 0 Å². The van der Waals surface area contributed by atoms with Crippen LogP contribution in [0.3, 0.4) is 0 Å². The highest BCUT2D eigenvalue weighted by Crippen LogP contribution is 2.15. The Morgan fingerprint density at radius 3 is 3.15 bits per heavy atom. The second-order valence-electron chi connectivity index (χ2n) is 2.96. The largest absolute Gasteiger partial charge is 0.480 e. The van der Waals surface area contributed by atoms with Crippen LogP contribution in [0.5, 0.6) is 0 Å². The van der Waals surface area contributed by atoms with Gasteiger partial charge in [0.15, 0.2) is 0 Å². The normalized spacial score (nSPS) is 24.5. The molecule has 5 heteroatoms. The summed E-state index contributed by atoms with van der Waals surface area (Å²) < 4.78 is 4.93. The quantitative estimate of drug-likeness (QED) is 0.707. The molecule has 1 fully saturated rings. The Labute approximate surface area is 82.2 Å². The molecular weight excluding hydrogens is 190 g/mol. The number of rotatable bonds is 4. The molecule has 1 atom stereocenters. The van der Waals surface area contributed by atoms with Gasteiger partial charge in [0.05, 0.1) is 6.61 Å². The lowest BCUT2D eigenvalue weighted by molar-refractivity contribution is -0.142. The molecule has 1 unspecified atom stereocenters. The van der Waals surface area contributed by atoms with Gasteiger partial charge in [-0.05, 0) is 0 Å². The number of hydrogen-bond acceptors (Lipinski definition) is 4. The van der Waals surface area contributed by atoms with Crippen molar-refractivity contribution in [3.05, 3.63) is 0 Å². The van der Waals surface area contributed by atoms with E-state index in [9.17, 15) is 4.79 Å². The Kier molecular flexibility index (Phi) is 4.55. The molecule has 0 bridgehead atoms. The molecule has 1 N–H and O–H groups in total. The van der Waals surface area contributed by atoms with E-state index in [-0.39, 0.29) is 6.04 Å². The number of methoxy groups -OCH3 is 1. The van der Waals surface area contributed by atoms with E-state index in [0.29, 0.717) is 18.9 Å². The summed E-state index contributed by atoms with van der Waals surface area (Å²) in [6.45, 7) is 2.17. The molecule has 0 saturated carbocycles. The summed E-state index contributed by atoms with van der Waals surface area (Å²) in [5.41, 5.74) is 0. The molecule has 1 aliphatic rings. The first kappa shape index (κ1) is 10.8. The van der Waals surface area contributed by atoms with E-state index < -0.39 is 5.97 Å². The first-order valence-electron chi connectivity index (χ1n) is 4.29. The minimum Gasteiger partial charge on any atom is -0.480 e. The van der Waals surface area contributed by atoms with Crippen molar-refractivity contribution in [3.63, 3.8) is 0 Å². The van der Waals surface area contributed by atoms with Crippen molar-refractivity contribution < 1.29 is 14.6 Å². The fourth-order valence-corrected chi connectivity index (χ4v) is 2.45. The third kappa shape index (κ3) is 3.17. The van der Waals surface area contributed by atoms with Crippen LogP contribution in [-0.4, -0.2) is 60.3 Å². The molecule has 0 aromatic rings. The van der Waals surface area contributed by atoms with Crippen molar-refractivity contribution in [3.8, 4) is 0 Å². The number of nitrogens with zero attached hydrogens (tertiary/aromatic N) is 1. The maximum Gasteiger partial charge on any atom is 0.321 e. The monoisotopic (exact) mass is 205 g/mol. The zero-order chi connectivity index (χ0) is 9.68. The van der Waals surface area contributed by atoms with Crippen LogP contribution >= 0.6 is 11.8 Å². The highest BCUT2D eigenvalue weighted by atomic mass is 32.2. The van der Waals surface area contributed by atoms with Crippen LogP contribution in [0, 0.1) is 0 Å². The Bertz CT molecular complexity index is 177. The van der Waals surface area contributed by atoms with Gasteiger partial charge in [0.25, 0.3) is 0 Å². The van der Waals surface area contributed by atoms with E-state index in [1.807, 2.05) is 4.90 Å². The van der Waals surface area contributed by atoms with Crippen molar-refractivity contribution in [1.29, 1.82) is 0 Å². The third-order valence-electron chi connectivity index (χ3n) is 2.11. The molecule has 0 radical (unpaired) electrons.